The van der Waals surface area contributed by atoms with E-state index in [-0.39, 0.29) is 18.0 Å². The Bertz CT molecular complexity index is 437. The first-order chi connectivity index (χ1) is 10.1. The Hall–Kier alpha value is -1.67. The van der Waals surface area contributed by atoms with Gasteiger partial charge >= 0.3 is 0 Å². The van der Waals surface area contributed by atoms with Gasteiger partial charge in [0.15, 0.2) is 0 Å². The van der Waals surface area contributed by atoms with Gasteiger partial charge in [-0.2, -0.15) is 15.0 Å². The summed E-state index contributed by atoms with van der Waals surface area (Å²) in [5.41, 5.74) is 17.7. The first-order valence-corrected chi connectivity index (χ1v) is 7.64. The summed E-state index contributed by atoms with van der Waals surface area (Å²) < 4.78 is 0. The molecular weight excluding hydrogens is 268 g/mol. The van der Waals surface area contributed by atoms with Crippen molar-refractivity contribution in [1.82, 2.24) is 15.0 Å². The zero-order valence-corrected chi connectivity index (χ0v) is 12.3. The predicted octanol–water partition coefficient (Wildman–Crippen LogP) is -0.691. The Balaban J connectivity index is 1.76. The van der Waals surface area contributed by atoms with Gasteiger partial charge in [0.2, 0.25) is 17.8 Å². The van der Waals surface area contributed by atoms with Crippen LogP contribution in [0.2, 0.25) is 0 Å². The maximum absolute atomic E-state index is 5.94. The highest BCUT2D eigenvalue weighted by Crippen LogP contribution is 2.21. The normalized spacial score (nSPS) is 21.8. The summed E-state index contributed by atoms with van der Waals surface area (Å²) in [7, 11) is 0. The third kappa shape index (κ3) is 3.33. The Morgan fingerprint density at radius 1 is 0.714 bits per heavy atom. The average molecular weight is 292 g/mol. The van der Waals surface area contributed by atoms with Gasteiger partial charge < -0.3 is 27.0 Å². The Labute approximate surface area is 124 Å². The third-order valence-corrected chi connectivity index (χ3v) is 4.27. The number of anilines is 3. The number of nitrogen functional groups attached to an aromatic ring is 1. The van der Waals surface area contributed by atoms with Crippen molar-refractivity contribution >= 4 is 17.8 Å². The molecule has 0 spiro atoms. The third-order valence-electron chi connectivity index (χ3n) is 4.27. The summed E-state index contributed by atoms with van der Waals surface area (Å²) in [6, 6.07) is 0.562. The van der Waals surface area contributed by atoms with Crippen LogP contribution in [0.4, 0.5) is 17.8 Å². The minimum Gasteiger partial charge on any atom is -0.368 e. The largest absolute Gasteiger partial charge is 0.368 e. The predicted molar refractivity (Wildman–Crippen MR) is 83.1 cm³/mol. The number of aromatic nitrogens is 3. The number of hydrogen-bond acceptors (Lipinski definition) is 8. The molecule has 2 fully saturated rings. The summed E-state index contributed by atoms with van der Waals surface area (Å²) in [5, 5.41) is 0. The van der Waals surface area contributed by atoms with E-state index in [0.717, 1.165) is 51.9 Å². The van der Waals surface area contributed by atoms with Crippen LogP contribution in [0.15, 0.2) is 0 Å². The van der Waals surface area contributed by atoms with Gasteiger partial charge in [0.1, 0.15) is 0 Å². The van der Waals surface area contributed by atoms with Crippen LogP contribution in [0.5, 0.6) is 0 Å². The number of nitrogens with two attached hydrogens (primary N) is 3. The molecule has 2 saturated heterocycles. The van der Waals surface area contributed by atoms with Gasteiger partial charge in [-0.25, -0.2) is 0 Å². The van der Waals surface area contributed by atoms with Crippen molar-refractivity contribution < 1.29 is 0 Å². The second-order valence-corrected chi connectivity index (χ2v) is 5.94. The summed E-state index contributed by atoms with van der Waals surface area (Å²) >= 11 is 0. The van der Waals surface area contributed by atoms with Gasteiger partial charge in [-0.15, -0.1) is 0 Å². The van der Waals surface area contributed by atoms with Gasteiger partial charge in [-0.05, 0) is 25.7 Å². The molecule has 0 aliphatic carbocycles. The fourth-order valence-corrected chi connectivity index (χ4v) is 2.85. The fourth-order valence-electron chi connectivity index (χ4n) is 2.85. The molecule has 8 nitrogen and oxygen atoms in total. The van der Waals surface area contributed by atoms with E-state index in [4.69, 9.17) is 17.2 Å². The van der Waals surface area contributed by atoms with Crippen LogP contribution in [0.1, 0.15) is 25.7 Å². The standard InChI is InChI=1S/C13H24N8/c14-9-1-5-20(6-2-9)12-17-11(16)18-13(19-12)21-7-3-10(15)4-8-21/h9-10H,1-8,14-15H2,(H2,16,17,18,19). The second-order valence-electron chi connectivity index (χ2n) is 5.94. The Morgan fingerprint density at radius 3 is 1.48 bits per heavy atom. The maximum Gasteiger partial charge on any atom is 0.231 e. The lowest BCUT2D eigenvalue weighted by atomic mass is 10.1. The van der Waals surface area contributed by atoms with E-state index < -0.39 is 0 Å². The summed E-state index contributed by atoms with van der Waals surface area (Å²) in [4.78, 5) is 17.4. The molecule has 6 N–H and O–H groups in total. The zero-order chi connectivity index (χ0) is 14.8. The quantitative estimate of drug-likeness (QED) is 0.654. The van der Waals surface area contributed by atoms with Gasteiger partial charge in [0.05, 0.1) is 0 Å². The van der Waals surface area contributed by atoms with Crippen LogP contribution in [0.25, 0.3) is 0 Å². The van der Waals surface area contributed by atoms with Crippen molar-refractivity contribution in [2.24, 2.45) is 11.5 Å². The van der Waals surface area contributed by atoms with E-state index in [9.17, 15) is 0 Å². The molecule has 1 aromatic rings. The zero-order valence-electron chi connectivity index (χ0n) is 12.3. The van der Waals surface area contributed by atoms with Gasteiger partial charge in [-0.3, -0.25) is 0 Å². The van der Waals surface area contributed by atoms with Crippen LogP contribution in [0, 0.1) is 0 Å². The molecular formula is C13H24N8. The van der Waals surface area contributed by atoms with Crippen LogP contribution >= 0.6 is 0 Å². The molecule has 0 amide bonds. The van der Waals surface area contributed by atoms with Crippen LogP contribution in [-0.4, -0.2) is 53.2 Å². The molecule has 0 saturated carbocycles. The van der Waals surface area contributed by atoms with Crippen molar-refractivity contribution in [3.05, 3.63) is 0 Å². The van der Waals surface area contributed by atoms with Crippen molar-refractivity contribution in [3.63, 3.8) is 0 Å². The molecule has 0 bridgehead atoms. The number of rotatable bonds is 2. The van der Waals surface area contributed by atoms with Gasteiger partial charge in [0, 0.05) is 38.3 Å². The molecule has 116 valence electrons. The molecule has 21 heavy (non-hydrogen) atoms. The highest BCUT2D eigenvalue weighted by molar-refractivity contribution is 5.44. The summed E-state index contributed by atoms with van der Waals surface area (Å²) in [6.07, 6.45) is 3.83. The highest BCUT2D eigenvalue weighted by Gasteiger charge is 2.23. The topological polar surface area (TPSA) is 123 Å². The molecule has 2 aliphatic rings. The van der Waals surface area contributed by atoms with Crippen molar-refractivity contribution in [2.45, 2.75) is 37.8 Å². The Morgan fingerprint density at radius 2 is 1.10 bits per heavy atom. The molecule has 0 atom stereocenters. The van der Waals surface area contributed by atoms with E-state index >= 15 is 0 Å². The van der Waals surface area contributed by atoms with E-state index in [1.165, 1.54) is 0 Å². The lowest BCUT2D eigenvalue weighted by Gasteiger charge is -2.32. The molecule has 2 aliphatic heterocycles. The minimum atomic E-state index is 0.278. The van der Waals surface area contributed by atoms with Crippen LogP contribution in [-0.2, 0) is 0 Å². The smallest absolute Gasteiger partial charge is 0.231 e. The number of piperidine rings is 2. The molecule has 1 aromatic heterocycles. The first kappa shape index (κ1) is 14.3. The second kappa shape index (κ2) is 5.98. The van der Waals surface area contributed by atoms with Gasteiger partial charge in [-0.1, -0.05) is 0 Å². The molecule has 0 aromatic carbocycles. The van der Waals surface area contributed by atoms with Crippen LogP contribution in [0.3, 0.4) is 0 Å². The van der Waals surface area contributed by atoms with E-state index in [1.54, 1.807) is 0 Å². The van der Waals surface area contributed by atoms with Crippen molar-refractivity contribution in [1.29, 1.82) is 0 Å². The number of nitrogens with zero attached hydrogens (tertiary/aromatic N) is 5. The summed E-state index contributed by atoms with van der Waals surface area (Å²) in [6.45, 7) is 3.48. The molecule has 0 unspecified atom stereocenters. The van der Waals surface area contributed by atoms with Crippen molar-refractivity contribution in [3.8, 4) is 0 Å². The lowest BCUT2D eigenvalue weighted by molar-refractivity contribution is 0.488. The molecule has 3 heterocycles. The van der Waals surface area contributed by atoms with Crippen molar-refractivity contribution in [2.75, 3.05) is 41.7 Å². The van der Waals surface area contributed by atoms with Gasteiger partial charge in [0.25, 0.3) is 0 Å². The fraction of sp³-hybridized carbons (Fsp3) is 0.769. The Kier molecular flexibility index (Phi) is 4.07. The number of hydrogen-bond donors (Lipinski definition) is 3. The average Bonchev–Trinajstić information content (AvgIpc) is 2.48. The molecule has 8 heteroatoms. The van der Waals surface area contributed by atoms with E-state index in [1.807, 2.05) is 0 Å². The summed E-state index contributed by atoms with van der Waals surface area (Å²) in [5.74, 6) is 1.61. The SMILES string of the molecule is Nc1nc(N2CCC(N)CC2)nc(N2CCC(N)CC2)n1. The monoisotopic (exact) mass is 292 g/mol. The first-order valence-electron chi connectivity index (χ1n) is 7.64. The van der Waals surface area contributed by atoms with E-state index in [2.05, 4.69) is 24.8 Å². The van der Waals surface area contributed by atoms with Crippen LogP contribution < -0.4 is 27.0 Å². The molecule has 0 radical (unpaired) electrons. The molecule has 3 rings (SSSR count). The highest BCUT2D eigenvalue weighted by atomic mass is 15.4. The van der Waals surface area contributed by atoms with E-state index in [0.29, 0.717) is 11.9 Å². The lowest BCUT2D eigenvalue weighted by Crippen LogP contribution is -2.42. The minimum absolute atomic E-state index is 0.278. The maximum atomic E-state index is 5.94.